The molecule has 1 rings (SSSR count). The maximum Gasteiger partial charge on any atom is 0.411 e. The molecule has 0 aromatic heterocycles. The summed E-state index contributed by atoms with van der Waals surface area (Å²) in [5.41, 5.74) is 2.00. The Balaban J connectivity index is 2.52. The molecule has 0 saturated carbocycles. The fourth-order valence-corrected chi connectivity index (χ4v) is 1.68. The summed E-state index contributed by atoms with van der Waals surface area (Å²) >= 11 is 0. The quantitative estimate of drug-likeness (QED) is 0.782. The maximum absolute atomic E-state index is 11.9. The molecule has 1 atom stereocenters. The molecule has 20 heavy (non-hydrogen) atoms. The van der Waals surface area contributed by atoms with E-state index in [-0.39, 0.29) is 19.3 Å². The van der Waals surface area contributed by atoms with Crippen LogP contribution in [0.25, 0.3) is 0 Å². The van der Waals surface area contributed by atoms with Crippen LogP contribution in [0.15, 0.2) is 18.2 Å². The van der Waals surface area contributed by atoms with Gasteiger partial charge in [0.05, 0.1) is 6.61 Å². The minimum atomic E-state index is -4.30. The van der Waals surface area contributed by atoms with Gasteiger partial charge in [-0.15, -0.1) is 0 Å². The third kappa shape index (κ3) is 5.79. The van der Waals surface area contributed by atoms with E-state index in [9.17, 15) is 13.2 Å². The van der Waals surface area contributed by atoms with Gasteiger partial charge in [0.25, 0.3) is 0 Å². The molecule has 0 fully saturated rings. The summed E-state index contributed by atoms with van der Waals surface area (Å²) in [4.78, 5) is 0. The fourth-order valence-electron chi connectivity index (χ4n) is 1.68. The van der Waals surface area contributed by atoms with Crippen LogP contribution in [0.1, 0.15) is 24.1 Å². The number of hydrogen-bond donors (Lipinski definition) is 1. The lowest BCUT2D eigenvalue weighted by atomic mass is 10.1. The highest BCUT2D eigenvalue weighted by atomic mass is 19.4. The molecule has 3 nitrogen and oxygen atoms in total. The molecular weight excluding hydrogens is 271 g/mol. The Labute approximate surface area is 117 Å². The van der Waals surface area contributed by atoms with Gasteiger partial charge in [0, 0.05) is 11.6 Å². The molecule has 0 aliphatic rings. The van der Waals surface area contributed by atoms with Crippen LogP contribution in [0, 0.1) is 6.92 Å². The molecule has 1 N–H and O–H groups in total. The molecule has 0 amide bonds. The summed E-state index contributed by atoms with van der Waals surface area (Å²) in [6.45, 7) is 2.66. The van der Waals surface area contributed by atoms with Gasteiger partial charge >= 0.3 is 6.18 Å². The van der Waals surface area contributed by atoms with E-state index in [1.54, 1.807) is 0 Å². The average Bonchev–Trinajstić information content (AvgIpc) is 2.36. The minimum Gasteiger partial charge on any atom is -0.491 e. The number of benzene rings is 1. The first-order chi connectivity index (χ1) is 9.33. The van der Waals surface area contributed by atoms with Crippen molar-refractivity contribution in [2.75, 3.05) is 26.9 Å². The third-order valence-corrected chi connectivity index (χ3v) is 2.82. The van der Waals surface area contributed by atoms with Crippen molar-refractivity contribution in [3.05, 3.63) is 29.3 Å². The van der Waals surface area contributed by atoms with Gasteiger partial charge in [-0.25, -0.2) is 0 Å². The van der Waals surface area contributed by atoms with Crippen molar-refractivity contribution in [2.45, 2.75) is 26.1 Å². The van der Waals surface area contributed by atoms with E-state index in [0.717, 1.165) is 11.1 Å². The van der Waals surface area contributed by atoms with E-state index in [4.69, 9.17) is 4.74 Å². The predicted octanol–water partition coefficient (Wildman–Crippen LogP) is 3.23. The largest absolute Gasteiger partial charge is 0.491 e. The predicted molar refractivity (Wildman–Crippen MR) is 71.0 cm³/mol. The zero-order valence-corrected chi connectivity index (χ0v) is 11.9. The van der Waals surface area contributed by atoms with Crippen molar-refractivity contribution in [3.63, 3.8) is 0 Å². The Bertz CT molecular complexity index is 421. The number of nitrogens with one attached hydrogen (secondary N) is 1. The molecule has 0 bridgehead atoms. The second kappa shape index (κ2) is 7.50. The van der Waals surface area contributed by atoms with Crippen LogP contribution in [0.5, 0.6) is 5.75 Å². The Kier molecular flexibility index (Phi) is 6.29. The monoisotopic (exact) mass is 291 g/mol. The van der Waals surface area contributed by atoms with Crippen LogP contribution in [-0.2, 0) is 4.74 Å². The number of rotatable bonds is 7. The Hall–Kier alpha value is -1.27. The van der Waals surface area contributed by atoms with Crippen molar-refractivity contribution in [1.29, 1.82) is 0 Å². The molecule has 1 unspecified atom stereocenters. The molecule has 0 aliphatic heterocycles. The van der Waals surface area contributed by atoms with Crippen LogP contribution >= 0.6 is 0 Å². The molecular formula is C14H20F3NO2. The van der Waals surface area contributed by atoms with Gasteiger partial charge in [-0.2, -0.15) is 13.2 Å². The summed E-state index contributed by atoms with van der Waals surface area (Å²) in [5.74, 6) is 0.669. The number of alkyl halides is 3. The molecule has 6 heteroatoms. The summed E-state index contributed by atoms with van der Waals surface area (Å²) in [5, 5.41) is 3.10. The van der Waals surface area contributed by atoms with E-state index in [1.807, 2.05) is 39.1 Å². The third-order valence-electron chi connectivity index (χ3n) is 2.82. The van der Waals surface area contributed by atoms with E-state index in [0.29, 0.717) is 5.75 Å². The summed E-state index contributed by atoms with van der Waals surface area (Å²) in [7, 11) is 1.83. The Morgan fingerprint density at radius 2 is 1.95 bits per heavy atom. The number of hydrogen-bond acceptors (Lipinski definition) is 3. The normalized spacial score (nSPS) is 13.3. The second-order valence-electron chi connectivity index (χ2n) is 4.57. The van der Waals surface area contributed by atoms with Gasteiger partial charge in [-0.05, 0) is 32.5 Å². The molecule has 1 aromatic carbocycles. The lowest BCUT2D eigenvalue weighted by Crippen LogP contribution is -2.20. The standard InChI is InChI=1S/C14H20F3NO2/c1-10-4-5-12(11(2)18-3)13(8-10)20-7-6-19-9-14(15,16)17/h4-5,8,11,18H,6-7,9H2,1-3H3. The first-order valence-corrected chi connectivity index (χ1v) is 6.38. The van der Waals surface area contributed by atoms with Gasteiger partial charge in [-0.1, -0.05) is 12.1 Å². The van der Waals surface area contributed by atoms with E-state index >= 15 is 0 Å². The van der Waals surface area contributed by atoms with Crippen LogP contribution < -0.4 is 10.1 Å². The van der Waals surface area contributed by atoms with Gasteiger partial charge < -0.3 is 14.8 Å². The van der Waals surface area contributed by atoms with Crippen LogP contribution in [0.2, 0.25) is 0 Å². The zero-order valence-electron chi connectivity index (χ0n) is 11.9. The van der Waals surface area contributed by atoms with Gasteiger partial charge in [0.2, 0.25) is 0 Å². The van der Waals surface area contributed by atoms with Crippen molar-refractivity contribution >= 4 is 0 Å². The SMILES string of the molecule is CNC(C)c1ccc(C)cc1OCCOCC(F)(F)F. The van der Waals surface area contributed by atoms with Gasteiger partial charge in [0.15, 0.2) is 0 Å². The number of halogens is 3. The van der Waals surface area contributed by atoms with Gasteiger partial charge in [-0.3, -0.25) is 0 Å². The number of ether oxygens (including phenoxy) is 2. The highest BCUT2D eigenvalue weighted by Crippen LogP contribution is 2.26. The summed E-state index contributed by atoms with van der Waals surface area (Å²) in [6.07, 6.45) is -4.30. The number of aryl methyl sites for hydroxylation is 1. The molecule has 0 spiro atoms. The lowest BCUT2D eigenvalue weighted by molar-refractivity contribution is -0.175. The van der Waals surface area contributed by atoms with Crippen molar-refractivity contribution in [2.24, 2.45) is 0 Å². The molecule has 0 aliphatic carbocycles. The van der Waals surface area contributed by atoms with Crippen LogP contribution in [-0.4, -0.2) is 33.0 Å². The molecule has 0 radical (unpaired) electrons. The average molecular weight is 291 g/mol. The highest BCUT2D eigenvalue weighted by Gasteiger charge is 2.27. The molecule has 1 aromatic rings. The van der Waals surface area contributed by atoms with Crippen LogP contribution in [0.4, 0.5) is 13.2 Å². The zero-order chi connectivity index (χ0) is 15.2. The van der Waals surface area contributed by atoms with E-state index < -0.39 is 12.8 Å². The minimum absolute atomic E-state index is 0.0863. The van der Waals surface area contributed by atoms with Crippen molar-refractivity contribution < 1.29 is 22.6 Å². The van der Waals surface area contributed by atoms with Gasteiger partial charge in [0.1, 0.15) is 19.0 Å². The smallest absolute Gasteiger partial charge is 0.411 e. The second-order valence-corrected chi connectivity index (χ2v) is 4.57. The highest BCUT2D eigenvalue weighted by molar-refractivity contribution is 5.39. The summed E-state index contributed by atoms with van der Waals surface area (Å²) in [6, 6.07) is 5.88. The topological polar surface area (TPSA) is 30.5 Å². The van der Waals surface area contributed by atoms with Crippen molar-refractivity contribution in [1.82, 2.24) is 5.32 Å². The first-order valence-electron chi connectivity index (χ1n) is 6.38. The fraction of sp³-hybridized carbons (Fsp3) is 0.571. The summed E-state index contributed by atoms with van der Waals surface area (Å²) < 4.78 is 45.7. The van der Waals surface area contributed by atoms with E-state index in [1.165, 1.54) is 0 Å². The molecule has 114 valence electrons. The molecule has 0 saturated heterocycles. The Morgan fingerprint density at radius 1 is 1.25 bits per heavy atom. The van der Waals surface area contributed by atoms with Crippen LogP contribution in [0.3, 0.4) is 0 Å². The lowest BCUT2D eigenvalue weighted by Gasteiger charge is -2.17. The van der Waals surface area contributed by atoms with Crippen molar-refractivity contribution in [3.8, 4) is 5.75 Å². The first kappa shape index (κ1) is 16.8. The van der Waals surface area contributed by atoms with E-state index in [2.05, 4.69) is 10.1 Å². The Morgan fingerprint density at radius 3 is 2.55 bits per heavy atom. The molecule has 0 heterocycles. The maximum atomic E-state index is 11.9.